The minimum absolute atomic E-state index is 0.504. The van der Waals surface area contributed by atoms with Gasteiger partial charge in [-0.05, 0) is 11.6 Å². The molecule has 0 saturated heterocycles. The zero-order valence-electron chi connectivity index (χ0n) is 12.5. The third-order valence-corrected chi connectivity index (χ3v) is 4.87. The second-order valence-electron chi connectivity index (χ2n) is 5.45. The van der Waals surface area contributed by atoms with Crippen molar-refractivity contribution >= 4 is 39.6 Å². The van der Waals surface area contributed by atoms with E-state index in [1.165, 1.54) is 5.56 Å². The molecule has 0 aliphatic heterocycles. The summed E-state index contributed by atoms with van der Waals surface area (Å²) in [6, 6.07) is 18.3. The number of thioether (sulfide) groups is 1. The summed E-state index contributed by atoms with van der Waals surface area (Å²) in [6.07, 6.45) is 0. The Morgan fingerprint density at radius 2 is 1.79 bits per heavy atom. The van der Waals surface area contributed by atoms with Gasteiger partial charge < -0.3 is 4.98 Å². The normalized spacial score (nSPS) is 11.7. The molecule has 116 valence electrons. The molecule has 0 bridgehead atoms. The number of hydrogen-bond donors (Lipinski definition) is 1. The maximum Gasteiger partial charge on any atom is 0.274 e. The van der Waals surface area contributed by atoms with Crippen molar-refractivity contribution in [2.24, 2.45) is 0 Å². The molecule has 7 heteroatoms. The summed E-state index contributed by atoms with van der Waals surface area (Å²) in [7, 11) is 0. The van der Waals surface area contributed by atoms with Crippen LogP contribution in [0.3, 0.4) is 0 Å². The number of nitrogens with one attached hydrogen (secondary N) is 1. The van der Waals surface area contributed by atoms with Crippen LogP contribution >= 0.6 is 11.8 Å². The second kappa shape index (κ2) is 5.31. The molecule has 6 nitrogen and oxygen atoms in total. The molecule has 0 fully saturated rings. The van der Waals surface area contributed by atoms with E-state index in [1.54, 1.807) is 16.3 Å². The van der Waals surface area contributed by atoms with Crippen molar-refractivity contribution in [3.05, 3.63) is 60.2 Å². The molecule has 1 N–H and O–H groups in total. The molecule has 3 aromatic heterocycles. The summed E-state index contributed by atoms with van der Waals surface area (Å²) < 4.78 is 1.72. The van der Waals surface area contributed by atoms with E-state index < -0.39 is 0 Å². The van der Waals surface area contributed by atoms with Crippen LogP contribution in [0.2, 0.25) is 0 Å². The van der Waals surface area contributed by atoms with Gasteiger partial charge in [-0.3, -0.25) is 0 Å². The molecule has 0 aliphatic carbocycles. The summed E-state index contributed by atoms with van der Waals surface area (Å²) in [5.74, 6) is 1.32. The fourth-order valence-corrected chi connectivity index (χ4v) is 3.55. The lowest BCUT2D eigenvalue weighted by molar-refractivity contribution is 0.819. The van der Waals surface area contributed by atoms with Crippen molar-refractivity contribution in [2.75, 3.05) is 0 Å². The van der Waals surface area contributed by atoms with Crippen LogP contribution < -0.4 is 0 Å². The van der Waals surface area contributed by atoms with Gasteiger partial charge in [0, 0.05) is 16.7 Å². The van der Waals surface area contributed by atoms with E-state index in [-0.39, 0.29) is 0 Å². The zero-order chi connectivity index (χ0) is 15.9. The average molecular weight is 332 g/mol. The van der Waals surface area contributed by atoms with Crippen LogP contribution in [0.15, 0.2) is 59.8 Å². The van der Waals surface area contributed by atoms with E-state index in [0.717, 1.165) is 33.0 Å². The molecule has 0 aliphatic rings. The summed E-state index contributed by atoms with van der Waals surface area (Å²) in [6.45, 7) is 0. The van der Waals surface area contributed by atoms with Crippen LogP contribution in [0.1, 0.15) is 5.56 Å². The molecular formula is C17H12N6S. The number of hydrogen-bond acceptors (Lipinski definition) is 5. The number of para-hydroxylation sites is 1. The minimum atomic E-state index is 0.504. The molecule has 5 aromatic rings. The molecule has 0 amide bonds. The van der Waals surface area contributed by atoms with E-state index in [4.69, 9.17) is 5.10 Å². The van der Waals surface area contributed by atoms with Crippen LogP contribution in [0.4, 0.5) is 0 Å². The Bertz CT molecular complexity index is 1160. The Morgan fingerprint density at radius 3 is 2.71 bits per heavy atom. The van der Waals surface area contributed by atoms with Gasteiger partial charge in [-0.25, -0.2) is 0 Å². The van der Waals surface area contributed by atoms with Crippen molar-refractivity contribution in [2.45, 2.75) is 10.9 Å². The first-order valence-corrected chi connectivity index (χ1v) is 8.54. The largest absolute Gasteiger partial charge is 0.338 e. The number of aromatic amines is 1. The fraction of sp³-hybridized carbons (Fsp3) is 0.0588. The van der Waals surface area contributed by atoms with Gasteiger partial charge >= 0.3 is 0 Å². The molecule has 5 rings (SSSR count). The first-order valence-electron chi connectivity index (χ1n) is 7.55. The molecule has 0 spiro atoms. The lowest BCUT2D eigenvalue weighted by Crippen LogP contribution is -1.97. The van der Waals surface area contributed by atoms with Gasteiger partial charge in [0.1, 0.15) is 5.52 Å². The van der Waals surface area contributed by atoms with Gasteiger partial charge in [0.05, 0.1) is 0 Å². The van der Waals surface area contributed by atoms with Crippen LogP contribution in [0.25, 0.3) is 27.8 Å². The van der Waals surface area contributed by atoms with Crippen LogP contribution in [-0.2, 0) is 5.75 Å². The van der Waals surface area contributed by atoms with Crippen LogP contribution in [-0.4, -0.2) is 29.8 Å². The van der Waals surface area contributed by atoms with Crippen LogP contribution in [0.5, 0.6) is 0 Å². The van der Waals surface area contributed by atoms with Crippen molar-refractivity contribution in [1.82, 2.24) is 29.8 Å². The Morgan fingerprint density at radius 1 is 0.958 bits per heavy atom. The first-order chi connectivity index (χ1) is 11.9. The summed E-state index contributed by atoms with van der Waals surface area (Å²) in [5.41, 5.74) is 3.82. The van der Waals surface area contributed by atoms with E-state index >= 15 is 0 Å². The molecule has 2 aromatic carbocycles. The molecule has 0 radical (unpaired) electrons. The van der Waals surface area contributed by atoms with Gasteiger partial charge in [-0.2, -0.15) is 14.6 Å². The first kappa shape index (κ1) is 13.5. The van der Waals surface area contributed by atoms with Gasteiger partial charge in [-0.15, -0.1) is 10.2 Å². The minimum Gasteiger partial charge on any atom is -0.338 e. The highest BCUT2D eigenvalue weighted by molar-refractivity contribution is 7.98. The smallest absolute Gasteiger partial charge is 0.274 e. The van der Waals surface area contributed by atoms with Crippen molar-refractivity contribution in [3.8, 4) is 0 Å². The number of aromatic nitrogens is 6. The van der Waals surface area contributed by atoms with E-state index in [1.807, 2.05) is 42.5 Å². The predicted molar refractivity (Wildman–Crippen MR) is 93.9 cm³/mol. The Balaban J connectivity index is 1.60. The van der Waals surface area contributed by atoms with Crippen molar-refractivity contribution in [1.29, 1.82) is 0 Å². The van der Waals surface area contributed by atoms with E-state index in [0.29, 0.717) is 5.78 Å². The Labute approximate surface area is 140 Å². The lowest BCUT2D eigenvalue weighted by Gasteiger charge is -2.00. The second-order valence-corrected chi connectivity index (χ2v) is 6.39. The maximum atomic E-state index is 4.72. The summed E-state index contributed by atoms with van der Waals surface area (Å²) in [5, 5.41) is 14.9. The van der Waals surface area contributed by atoms with Gasteiger partial charge in [0.15, 0.2) is 5.65 Å². The highest BCUT2D eigenvalue weighted by Crippen LogP contribution is 2.25. The highest BCUT2D eigenvalue weighted by atomic mass is 32.2. The van der Waals surface area contributed by atoms with E-state index in [9.17, 15) is 0 Å². The Hall–Kier alpha value is -2.93. The Kier molecular flexibility index (Phi) is 2.99. The predicted octanol–water partition coefficient (Wildman–Crippen LogP) is 3.45. The van der Waals surface area contributed by atoms with Gasteiger partial charge in [-0.1, -0.05) is 60.3 Å². The number of H-pyrrole nitrogens is 1. The lowest BCUT2D eigenvalue weighted by atomic mass is 10.2. The quantitative estimate of drug-likeness (QED) is 0.512. The third-order valence-electron chi connectivity index (χ3n) is 3.88. The van der Waals surface area contributed by atoms with Crippen molar-refractivity contribution < 1.29 is 0 Å². The van der Waals surface area contributed by atoms with Crippen LogP contribution in [0, 0.1) is 0 Å². The average Bonchev–Trinajstić information content (AvgIpc) is 3.19. The molecule has 24 heavy (non-hydrogen) atoms. The number of nitrogens with zero attached hydrogens (tertiary/aromatic N) is 5. The monoisotopic (exact) mass is 332 g/mol. The van der Waals surface area contributed by atoms with Crippen molar-refractivity contribution in [3.63, 3.8) is 0 Å². The van der Waals surface area contributed by atoms with Gasteiger partial charge in [0.2, 0.25) is 5.16 Å². The van der Waals surface area contributed by atoms with Gasteiger partial charge in [0.25, 0.3) is 5.78 Å². The molecule has 0 unspecified atom stereocenters. The SMILES string of the molecule is c1ccc(CSc2nnc3nc4[nH]c5ccccc5c4nn23)cc1. The number of fused-ring (bicyclic) bond motifs is 4. The molecule has 0 atom stereocenters. The molecule has 3 heterocycles. The fourth-order valence-electron chi connectivity index (χ4n) is 2.72. The summed E-state index contributed by atoms with van der Waals surface area (Å²) >= 11 is 1.60. The zero-order valence-corrected chi connectivity index (χ0v) is 13.4. The molecule has 0 saturated carbocycles. The van der Waals surface area contributed by atoms with E-state index in [2.05, 4.69) is 32.3 Å². The number of rotatable bonds is 3. The highest BCUT2D eigenvalue weighted by Gasteiger charge is 2.13. The number of benzene rings is 2. The standard InChI is InChI=1S/C17H12N6S/c1-2-6-11(7-3-1)10-24-17-21-20-16-19-15-14(22-23(16)17)12-8-4-5-9-13(12)18-15/h1-9H,10H2,(H,18,19,20). The third kappa shape index (κ3) is 2.13. The maximum absolute atomic E-state index is 4.72. The molecular weight excluding hydrogens is 320 g/mol. The topological polar surface area (TPSA) is 71.8 Å². The summed E-state index contributed by atoms with van der Waals surface area (Å²) in [4.78, 5) is 7.82.